The van der Waals surface area contributed by atoms with Crippen molar-refractivity contribution in [2.75, 3.05) is 31.5 Å². The molecule has 1 unspecified atom stereocenters. The second-order valence-electron chi connectivity index (χ2n) is 8.58. The van der Waals surface area contributed by atoms with Crippen molar-refractivity contribution in [3.05, 3.63) is 59.9 Å². The number of halogens is 1. The predicted molar refractivity (Wildman–Crippen MR) is 123 cm³/mol. The Balaban J connectivity index is 1.38. The number of likely N-dealkylation sites (tertiary alicyclic amines) is 1. The van der Waals surface area contributed by atoms with E-state index in [1.165, 1.54) is 16.4 Å². The van der Waals surface area contributed by atoms with Gasteiger partial charge in [0.2, 0.25) is 15.9 Å². The molecule has 1 atom stereocenters. The van der Waals surface area contributed by atoms with Gasteiger partial charge in [0.05, 0.1) is 10.8 Å². The van der Waals surface area contributed by atoms with E-state index in [1.54, 1.807) is 24.3 Å². The third kappa shape index (κ3) is 5.42. The van der Waals surface area contributed by atoms with Crippen molar-refractivity contribution in [1.29, 1.82) is 0 Å². The maximum Gasteiger partial charge on any atom is 0.253 e. The van der Waals surface area contributed by atoms with Crippen LogP contribution in [-0.4, -0.2) is 55.6 Å². The highest BCUT2D eigenvalue weighted by Crippen LogP contribution is 2.25. The molecule has 2 aliphatic heterocycles. The summed E-state index contributed by atoms with van der Waals surface area (Å²) in [6.07, 6.45) is 4.33. The lowest BCUT2D eigenvalue weighted by Gasteiger charge is -2.31. The molecule has 9 heteroatoms. The van der Waals surface area contributed by atoms with Gasteiger partial charge in [0.15, 0.2) is 0 Å². The number of carbonyl (C=O) groups excluding carboxylic acids is 2. The lowest BCUT2D eigenvalue weighted by Crippen LogP contribution is -2.43. The van der Waals surface area contributed by atoms with Crippen LogP contribution in [0.2, 0.25) is 0 Å². The highest BCUT2D eigenvalue weighted by Gasteiger charge is 2.33. The van der Waals surface area contributed by atoms with E-state index in [9.17, 15) is 22.4 Å². The number of piperidine rings is 2. The molecule has 2 aliphatic rings. The second-order valence-corrected chi connectivity index (χ2v) is 10.5. The molecule has 2 heterocycles. The molecule has 0 saturated carbocycles. The summed E-state index contributed by atoms with van der Waals surface area (Å²) in [5, 5.41) is 2.84. The third-order valence-electron chi connectivity index (χ3n) is 6.25. The van der Waals surface area contributed by atoms with Gasteiger partial charge in [0.1, 0.15) is 5.82 Å². The minimum Gasteiger partial charge on any atom is -0.339 e. The van der Waals surface area contributed by atoms with Crippen molar-refractivity contribution in [2.45, 2.75) is 37.0 Å². The van der Waals surface area contributed by atoms with Gasteiger partial charge in [0, 0.05) is 37.4 Å². The lowest BCUT2D eigenvalue weighted by molar-refractivity contribution is -0.120. The molecule has 0 bridgehead atoms. The number of nitrogens with one attached hydrogen (secondary N) is 1. The van der Waals surface area contributed by atoms with Crippen LogP contribution in [0.1, 0.15) is 42.5 Å². The number of nitrogens with zero attached hydrogens (tertiary/aromatic N) is 2. The molecule has 4 rings (SSSR count). The summed E-state index contributed by atoms with van der Waals surface area (Å²) in [5.41, 5.74) is 1.15. The van der Waals surface area contributed by atoms with Crippen molar-refractivity contribution in [2.24, 2.45) is 5.92 Å². The number of hydrogen-bond acceptors (Lipinski definition) is 4. The van der Waals surface area contributed by atoms with Crippen LogP contribution in [0.4, 0.5) is 10.1 Å². The maximum atomic E-state index is 13.2. The van der Waals surface area contributed by atoms with Gasteiger partial charge in [-0.15, -0.1) is 0 Å². The Kier molecular flexibility index (Phi) is 7.09. The van der Waals surface area contributed by atoms with Crippen LogP contribution < -0.4 is 5.32 Å². The summed E-state index contributed by atoms with van der Waals surface area (Å²) in [6.45, 7) is 1.93. The molecule has 7 nitrogen and oxygen atoms in total. The Morgan fingerprint density at radius 2 is 1.55 bits per heavy atom. The summed E-state index contributed by atoms with van der Waals surface area (Å²) in [4.78, 5) is 27.3. The zero-order chi connectivity index (χ0) is 23.4. The van der Waals surface area contributed by atoms with Crippen molar-refractivity contribution in [3.63, 3.8) is 0 Å². The van der Waals surface area contributed by atoms with Gasteiger partial charge >= 0.3 is 0 Å². The zero-order valence-electron chi connectivity index (χ0n) is 18.4. The van der Waals surface area contributed by atoms with Gasteiger partial charge in [-0.25, -0.2) is 12.8 Å². The molecule has 0 spiro atoms. The van der Waals surface area contributed by atoms with Crippen LogP contribution in [-0.2, 0) is 14.8 Å². The Hall–Kier alpha value is -2.78. The third-order valence-corrected chi connectivity index (χ3v) is 8.13. The second kappa shape index (κ2) is 10.0. The van der Waals surface area contributed by atoms with Crippen molar-refractivity contribution < 1.29 is 22.4 Å². The standard InChI is InChI=1S/C24H28FN3O4S/c25-20-8-12-22(13-9-20)33(31,32)28-16-4-5-19(17-28)23(29)26-21-10-6-18(7-11-21)24(30)27-14-2-1-3-15-27/h6-13,19H,1-5,14-17H2,(H,26,29). The number of anilines is 1. The van der Waals surface area contributed by atoms with E-state index < -0.39 is 21.8 Å². The highest BCUT2D eigenvalue weighted by molar-refractivity contribution is 7.89. The van der Waals surface area contributed by atoms with Crippen LogP contribution in [0.15, 0.2) is 53.4 Å². The van der Waals surface area contributed by atoms with Crippen LogP contribution in [0, 0.1) is 11.7 Å². The average Bonchev–Trinajstić information content (AvgIpc) is 2.85. The van der Waals surface area contributed by atoms with Crippen LogP contribution in [0.3, 0.4) is 0 Å². The molecule has 0 radical (unpaired) electrons. The quantitative estimate of drug-likeness (QED) is 0.720. The number of rotatable bonds is 5. The Morgan fingerprint density at radius 1 is 0.879 bits per heavy atom. The molecular weight excluding hydrogens is 445 g/mol. The SMILES string of the molecule is O=C(Nc1ccc(C(=O)N2CCCCC2)cc1)C1CCCN(S(=O)(=O)c2ccc(F)cc2)C1. The Bertz CT molecular complexity index is 1100. The fourth-order valence-corrected chi connectivity index (χ4v) is 5.87. The van der Waals surface area contributed by atoms with E-state index >= 15 is 0 Å². The molecule has 2 aromatic carbocycles. The summed E-state index contributed by atoms with van der Waals surface area (Å²) in [7, 11) is -3.80. The van der Waals surface area contributed by atoms with E-state index in [4.69, 9.17) is 0 Å². The van der Waals surface area contributed by atoms with Gasteiger partial charge in [-0.05, 0) is 80.6 Å². The lowest BCUT2D eigenvalue weighted by atomic mass is 9.98. The van der Waals surface area contributed by atoms with Crippen molar-refractivity contribution >= 4 is 27.5 Å². The normalized spacial score (nSPS) is 19.8. The van der Waals surface area contributed by atoms with Crippen molar-refractivity contribution in [1.82, 2.24) is 9.21 Å². The van der Waals surface area contributed by atoms with Crippen LogP contribution in [0.5, 0.6) is 0 Å². The first-order valence-electron chi connectivity index (χ1n) is 11.3. The number of hydrogen-bond donors (Lipinski definition) is 1. The summed E-state index contributed by atoms with van der Waals surface area (Å²) >= 11 is 0. The molecule has 0 aliphatic carbocycles. The van der Waals surface area contributed by atoms with Crippen molar-refractivity contribution in [3.8, 4) is 0 Å². The first kappa shape index (κ1) is 23.4. The first-order valence-corrected chi connectivity index (χ1v) is 12.7. The highest BCUT2D eigenvalue weighted by atomic mass is 32.2. The topological polar surface area (TPSA) is 86.8 Å². The fourth-order valence-electron chi connectivity index (χ4n) is 4.35. The van der Waals surface area contributed by atoms with E-state index in [0.717, 1.165) is 44.5 Å². The number of benzene rings is 2. The fraction of sp³-hybridized carbons (Fsp3) is 0.417. The minimum atomic E-state index is -3.80. The minimum absolute atomic E-state index is 0.00139. The molecule has 2 fully saturated rings. The molecular formula is C24H28FN3O4S. The van der Waals surface area contributed by atoms with Gasteiger partial charge < -0.3 is 10.2 Å². The van der Waals surface area contributed by atoms with Gasteiger partial charge in [0.25, 0.3) is 5.91 Å². The number of sulfonamides is 1. The largest absolute Gasteiger partial charge is 0.339 e. The summed E-state index contributed by atoms with van der Waals surface area (Å²) in [6, 6.07) is 11.5. The molecule has 0 aromatic heterocycles. The van der Waals surface area contributed by atoms with E-state index in [0.29, 0.717) is 30.6 Å². The molecule has 2 aromatic rings. The predicted octanol–water partition coefficient (Wildman–Crippen LogP) is 3.49. The number of carbonyl (C=O) groups is 2. The maximum absolute atomic E-state index is 13.2. The molecule has 33 heavy (non-hydrogen) atoms. The zero-order valence-corrected chi connectivity index (χ0v) is 19.2. The molecule has 176 valence electrons. The first-order chi connectivity index (χ1) is 15.8. The Labute approximate surface area is 193 Å². The molecule has 2 saturated heterocycles. The molecule has 2 amide bonds. The monoisotopic (exact) mass is 473 g/mol. The summed E-state index contributed by atoms with van der Waals surface area (Å²) in [5.74, 6) is -1.26. The van der Waals surface area contributed by atoms with E-state index in [-0.39, 0.29) is 23.3 Å². The van der Waals surface area contributed by atoms with Gasteiger partial charge in [-0.3, -0.25) is 9.59 Å². The van der Waals surface area contributed by atoms with Gasteiger partial charge in [-0.2, -0.15) is 4.31 Å². The molecule has 1 N–H and O–H groups in total. The summed E-state index contributed by atoms with van der Waals surface area (Å²) < 4.78 is 40.2. The van der Waals surface area contributed by atoms with E-state index in [2.05, 4.69) is 5.32 Å². The Morgan fingerprint density at radius 3 is 2.21 bits per heavy atom. The average molecular weight is 474 g/mol. The number of amides is 2. The van der Waals surface area contributed by atoms with Gasteiger partial charge in [-0.1, -0.05) is 0 Å². The smallest absolute Gasteiger partial charge is 0.253 e. The van der Waals surface area contributed by atoms with Crippen LogP contribution in [0.25, 0.3) is 0 Å². The van der Waals surface area contributed by atoms with Crippen LogP contribution >= 0.6 is 0 Å². The van der Waals surface area contributed by atoms with E-state index in [1.807, 2.05) is 4.90 Å².